The molecule has 1 atom stereocenters. The summed E-state index contributed by atoms with van der Waals surface area (Å²) in [6.45, 7) is 1.89. The maximum absolute atomic E-state index is 14.0. The highest BCUT2D eigenvalue weighted by Crippen LogP contribution is 2.32. The average molecular weight is 295 g/mol. The fourth-order valence-electron chi connectivity index (χ4n) is 2.32. The van der Waals surface area contributed by atoms with E-state index in [4.69, 9.17) is 4.74 Å². The maximum Gasteiger partial charge on any atom is 0.194 e. The van der Waals surface area contributed by atoms with E-state index in [9.17, 15) is 13.2 Å². The Labute approximate surface area is 121 Å². The summed E-state index contributed by atoms with van der Waals surface area (Å²) in [6, 6.07) is 6.94. The lowest BCUT2D eigenvalue weighted by Gasteiger charge is -2.21. The van der Waals surface area contributed by atoms with E-state index in [1.165, 1.54) is 13.2 Å². The van der Waals surface area contributed by atoms with Gasteiger partial charge in [-0.05, 0) is 26.1 Å². The molecule has 0 aromatic heterocycles. The Bertz CT molecular complexity index is 658. The molecule has 21 heavy (non-hydrogen) atoms. The van der Waals surface area contributed by atoms with Crippen LogP contribution < -0.4 is 10.1 Å². The van der Waals surface area contributed by atoms with Gasteiger partial charge in [0.2, 0.25) is 0 Å². The van der Waals surface area contributed by atoms with Gasteiger partial charge in [0.1, 0.15) is 5.75 Å². The van der Waals surface area contributed by atoms with Crippen molar-refractivity contribution >= 4 is 0 Å². The number of hydrogen-bond donors (Lipinski definition) is 1. The van der Waals surface area contributed by atoms with Crippen molar-refractivity contribution in [1.29, 1.82) is 0 Å². The lowest BCUT2D eigenvalue weighted by Crippen LogP contribution is -2.20. The summed E-state index contributed by atoms with van der Waals surface area (Å²) in [5.74, 6) is -3.33. The Morgan fingerprint density at radius 3 is 2.33 bits per heavy atom. The molecule has 2 aromatic rings. The van der Waals surface area contributed by atoms with E-state index in [2.05, 4.69) is 5.32 Å². The van der Waals surface area contributed by atoms with Gasteiger partial charge in [0.25, 0.3) is 0 Å². The standard InChI is InChI=1S/C16H16F3NO/c1-9-4-7-13(21-3)11(8-9)16(20-2)10-5-6-12(17)15(19)14(10)18/h4-8,16,20H,1-3H3. The summed E-state index contributed by atoms with van der Waals surface area (Å²) >= 11 is 0. The summed E-state index contributed by atoms with van der Waals surface area (Å²) in [6.07, 6.45) is 0. The molecule has 112 valence electrons. The van der Waals surface area contributed by atoms with Crippen LogP contribution in [0.4, 0.5) is 13.2 Å². The molecule has 0 fully saturated rings. The molecule has 0 saturated heterocycles. The van der Waals surface area contributed by atoms with E-state index in [1.807, 2.05) is 19.1 Å². The summed E-state index contributed by atoms with van der Waals surface area (Å²) in [5.41, 5.74) is 1.64. The molecule has 0 bridgehead atoms. The largest absolute Gasteiger partial charge is 0.496 e. The molecule has 2 aromatic carbocycles. The quantitative estimate of drug-likeness (QED) is 0.868. The lowest BCUT2D eigenvalue weighted by atomic mass is 9.96. The van der Waals surface area contributed by atoms with E-state index in [0.29, 0.717) is 11.3 Å². The van der Waals surface area contributed by atoms with E-state index < -0.39 is 23.5 Å². The van der Waals surface area contributed by atoms with Crippen molar-refractivity contribution in [3.8, 4) is 5.75 Å². The van der Waals surface area contributed by atoms with E-state index in [-0.39, 0.29) is 5.56 Å². The van der Waals surface area contributed by atoms with E-state index in [1.54, 1.807) is 13.1 Å². The first kappa shape index (κ1) is 15.4. The SMILES string of the molecule is CNC(c1cc(C)ccc1OC)c1ccc(F)c(F)c1F. The minimum atomic E-state index is -1.47. The van der Waals surface area contributed by atoms with Crippen molar-refractivity contribution in [2.24, 2.45) is 0 Å². The van der Waals surface area contributed by atoms with Crippen LogP contribution in [0, 0.1) is 24.4 Å². The molecular formula is C16H16F3NO. The third-order valence-corrected chi connectivity index (χ3v) is 3.36. The van der Waals surface area contributed by atoms with Crippen LogP contribution in [0.25, 0.3) is 0 Å². The smallest absolute Gasteiger partial charge is 0.194 e. The first-order valence-electron chi connectivity index (χ1n) is 6.44. The zero-order valence-electron chi connectivity index (χ0n) is 12.0. The van der Waals surface area contributed by atoms with Gasteiger partial charge in [-0.1, -0.05) is 23.8 Å². The van der Waals surface area contributed by atoms with Crippen LogP contribution in [0.15, 0.2) is 30.3 Å². The predicted octanol–water partition coefficient (Wildman–Crippen LogP) is 3.73. The number of aryl methyl sites for hydroxylation is 1. The summed E-state index contributed by atoms with van der Waals surface area (Å²) in [7, 11) is 3.12. The van der Waals surface area contributed by atoms with Crippen LogP contribution in [0.1, 0.15) is 22.7 Å². The number of hydrogen-bond acceptors (Lipinski definition) is 2. The third-order valence-electron chi connectivity index (χ3n) is 3.36. The third kappa shape index (κ3) is 2.88. The number of nitrogens with one attached hydrogen (secondary N) is 1. The molecule has 2 nitrogen and oxygen atoms in total. The Morgan fingerprint density at radius 1 is 1.00 bits per heavy atom. The molecular weight excluding hydrogens is 279 g/mol. The van der Waals surface area contributed by atoms with E-state index in [0.717, 1.165) is 11.6 Å². The van der Waals surface area contributed by atoms with E-state index >= 15 is 0 Å². The monoisotopic (exact) mass is 295 g/mol. The second-order valence-electron chi connectivity index (χ2n) is 4.73. The molecule has 0 heterocycles. The maximum atomic E-state index is 14.0. The van der Waals surface area contributed by atoms with Gasteiger partial charge in [0.05, 0.1) is 13.2 Å². The second-order valence-corrected chi connectivity index (χ2v) is 4.73. The molecule has 0 aliphatic carbocycles. The molecule has 5 heteroatoms. The highest BCUT2D eigenvalue weighted by atomic mass is 19.2. The molecule has 0 saturated carbocycles. The fourth-order valence-corrected chi connectivity index (χ4v) is 2.32. The number of rotatable bonds is 4. The highest BCUT2D eigenvalue weighted by molar-refractivity contribution is 5.44. The number of ether oxygens (including phenoxy) is 1. The van der Waals surface area contributed by atoms with Crippen molar-refractivity contribution < 1.29 is 17.9 Å². The normalized spacial score (nSPS) is 12.3. The molecule has 0 spiro atoms. The van der Waals surface area contributed by atoms with Crippen LogP contribution in [0.3, 0.4) is 0 Å². The van der Waals surface area contributed by atoms with Gasteiger partial charge in [-0.15, -0.1) is 0 Å². The predicted molar refractivity (Wildman–Crippen MR) is 74.9 cm³/mol. The zero-order chi connectivity index (χ0) is 15.6. The second kappa shape index (κ2) is 6.18. The molecule has 0 amide bonds. The van der Waals surface area contributed by atoms with Gasteiger partial charge in [-0.2, -0.15) is 0 Å². The Kier molecular flexibility index (Phi) is 4.53. The molecule has 2 rings (SSSR count). The Balaban J connectivity index is 2.60. The van der Waals surface area contributed by atoms with Crippen molar-refractivity contribution in [2.45, 2.75) is 13.0 Å². The number of benzene rings is 2. The first-order chi connectivity index (χ1) is 9.99. The van der Waals surface area contributed by atoms with Crippen LogP contribution in [-0.2, 0) is 0 Å². The zero-order valence-corrected chi connectivity index (χ0v) is 12.0. The molecule has 0 aliphatic heterocycles. The molecule has 0 aliphatic rings. The number of halogens is 3. The first-order valence-corrected chi connectivity index (χ1v) is 6.44. The molecule has 1 N–H and O–H groups in total. The van der Waals surface area contributed by atoms with Crippen molar-refractivity contribution in [3.63, 3.8) is 0 Å². The van der Waals surface area contributed by atoms with Crippen LogP contribution in [0.5, 0.6) is 5.75 Å². The summed E-state index contributed by atoms with van der Waals surface area (Å²) in [5, 5.41) is 2.91. The lowest BCUT2D eigenvalue weighted by molar-refractivity contribution is 0.402. The van der Waals surface area contributed by atoms with Gasteiger partial charge in [0.15, 0.2) is 17.5 Å². The van der Waals surface area contributed by atoms with Crippen LogP contribution >= 0.6 is 0 Å². The molecule has 1 unspecified atom stereocenters. The van der Waals surface area contributed by atoms with Crippen molar-refractivity contribution in [3.05, 3.63) is 64.5 Å². The Morgan fingerprint density at radius 2 is 1.71 bits per heavy atom. The highest BCUT2D eigenvalue weighted by Gasteiger charge is 2.23. The average Bonchev–Trinajstić information content (AvgIpc) is 2.48. The minimum Gasteiger partial charge on any atom is -0.496 e. The fraction of sp³-hybridized carbons (Fsp3) is 0.250. The van der Waals surface area contributed by atoms with Gasteiger partial charge < -0.3 is 10.1 Å². The van der Waals surface area contributed by atoms with Gasteiger partial charge in [-0.25, -0.2) is 13.2 Å². The van der Waals surface area contributed by atoms with Crippen molar-refractivity contribution in [2.75, 3.05) is 14.2 Å². The summed E-state index contributed by atoms with van der Waals surface area (Å²) < 4.78 is 45.8. The number of methoxy groups -OCH3 is 1. The summed E-state index contributed by atoms with van der Waals surface area (Å²) in [4.78, 5) is 0. The minimum absolute atomic E-state index is 0.0281. The molecule has 0 radical (unpaired) electrons. The van der Waals surface area contributed by atoms with Crippen LogP contribution in [-0.4, -0.2) is 14.2 Å². The topological polar surface area (TPSA) is 21.3 Å². The van der Waals surface area contributed by atoms with Gasteiger partial charge in [0, 0.05) is 11.1 Å². The van der Waals surface area contributed by atoms with Gasteiger partial charge in [-0.3, -0.25) is 0 Å². The van der Waals surface area contributed by atoms with Crippen molar-refractivity contribution in [1.82, 2.24) is 5.32 Å². The van der Waals surface area contributed by atoms with Gasteiger partial charge >= 0.3 is 0 Å². The van der Waals surface area contributed by atoms with Crippen LogP contribution in [0.2, 0.25) is 0 Å². The Hall–Kier alpha value is -2.01.